The molecule has 1 aromatic carbocycles. The minimum Gasteiger partial charge on any atom is -0.387 e. The van der Waals surface area contributed by atoms with E-state index in [1.54, 1.807) is 0 Å². The third-order valence-electron chi connectivity index (χ3n) is 1.82. The molecular formula is C10H11NOS. The quantitative estimate of drug-likeness (QED) is 0.749. The van der Waals surface area contributed by atoms with Gasteiger partial charge in [-0.25, -0.2) is 0 Å². The first-order chi connectivity index (χ1) is 6.25. The average molecular weight is 193 g/mol. The van der Waals surface area contributed by atoms with Crippen molar-refractivity contribution in [3.63, 3.8) is 0 Å². The van der Waals surface area contributed by atoms with Gasteiger partial charge < -0.3 is 5.11 Å². The van der Waals surface area contributed by atoms with Crippen LogP contribution >= 0.6 is 11.8 Å². The summed E-state index contributed by atoms with van der Waals surface area (Å²) in [7, 11) is 0. The van der Waals surface area contributed by atoms with Crippen molar-refractivity contribution in [2.24, 2.45) is 0 Å². The van der Waals surface area contributed by atoms with Gasteiger partial charge in [-0.3, -0.25) is 0 Å². The van der Waals surface area contributed by atoms with E-state index in [1.807, 2.05) is 42.7 Å². The molecule has 1 aromatic rings. The molecule has 0 aliphatic rings. The second kappa shape index (κ2) is 4.90. The molecule has 0 fully saturated rings. The highest BCUT2D eigenvalue weighted by Gasteiger charge is 2.15. The fourth-order valence-electron chi connectivity index (χ4n) is 1.07. The second-order valence-electron chi connectivity index (χ2n) is 2.77. The smallest absolute Gasteiger partial charge is 0.133 e. The molecule has 0 aromatic heterocycles. The van der Waals surface area contributed by atoms with Gasteiger partial charge in [-0.05, 0) is 24.2 Å². The van der Waals surface area contributed by atoms with E-state index in [9.17, 15) is 5.11 Å². The maximum absolute atomic E-state index is 9.75. The number of hydrogen-bond acceptors (Lipinski definition) is 3. The number of nitrogens with zero attached hydrogens (tertiary/aromatic N) is 1. The summed E-state index contributed by atoms with van der Waals surface area (Å²) in [6.07, 6.45) is -0.564. The van der Waals surface area contributed by atoms with Gasteiger partial charge in [0, 0.05) is 5.25 Å². The molecule has 3 heteroatoms. The van der Waals surface area contributed by atoms with Crippen LogP contribution in [0.2, 0.25) is 0 Å². The van der Waals surface area contributed by atoms with Gasteiger partial charge in [-0.1, -0.05) is 30.3 Å². The zero-order valence-electron chi connectivity index (χ0n) is 7.34. The molecule has 0 heterocycles. The fourth-order valence-corrected chi connectivity index (χ4v) is 1.52. The third-order valence-corrected chi connectivity index (χ3v) is 2.56. The Morgan fingerprint density at radius 3 is 2.54 bits per heavy atom. The Labute approximate surface area is 82.2 Å². The number of thioether (sulfide) groups is 1. The molecule has 0 aliphatic carbocycles. The summed E-state index contributed by atoms with van der Waals surface area (Å²) in [6, 6.07) is 9.38. The van der Waals surface area contributed by atoms with E-state index < -0.39 is 6.10 Å². The monoisotopic (exact) mass is 193 g/mol. The SMILES string of the molecule is CC(SC#N)C(O)c1ccccc1. The summed E-state index contributed by atoms with van der Waals surface area (Å²) in [4.78, 5) is 0. The minimum absolute atomic E-state index is 0.0904. The van der Waals surface area contributed by atoms with Gasteiger partial charge in [0.1, 0.15) is 5.40 Å². The number of aliphatic hydroxyl groups is 1. The fraction of sp³-hybridized carbons (Fsp3) is 0.300. The van der Waals surface area contributed by atoms with E-state index in [-0.39, 0.29) is 5.25 Å². The van der Waals surface area contributed by atoms with E-state index in [4.69, 9.17) is 5.26 Å². The van der Waals surface area contributed by atoms with Crippen molar-refractivity contribution < 1.29 is 5.11 Å². The lowest BCUT2D eigenvalue weighted by Gasteiger charge is -2.15. The second-order valence-corrected chi connectivity index (χ2v) is 3.93. The first-order valence-corrected chi connectivity index (χ1v) is 4.91. The summed E-state index contributed by atoms with van der Waals surface area (Å²) in [6.45, 7) is 1.84. The first-order valence-electron chi connectivity index (χ1n) is 4.03. The standard InChI is InChI=1S/C10H11NOS/c1-8(13-7-11)10(12)9-5-3-2-4-6-9/h2-6,8,10,12H,1H3. The summed E-state index contributed by atoms with van der Waals surface area (Å²) < 4.78 is 0. The van der Waals surface area contributed by atoms with Crippen molar-refractivity contribution in [3.8, 4) is 5.40 Å². The van der Waals surface area contributed by atoms with Gasteiger partial charge in [-0.15, -0.1) is 0 Å². The summed E-state index contributed by atoms with van der Waals surface area (Å²) >= 11 is 1.09. The van der Waals surface area contributed by atoms with Crippen LogP contribution in [0, 0.1) is 10.7 Å². The van der Waals surface area contributed by atoms with Crippen molar-refractivity contribution in [2.75, 3.05) is 0 Å². The van der Waals surface area contributed by atoms with Crippen molar-refractivity contribution in [1.82, 2.24) is 0 Å². The lowest BCUT2D eigenvalue weighted by molar-refractivity contribution is 0.179. The number of aliphatic hydroxyl groups excluding tert-OH is 1. The van der Waals surface area contributed by atoms with Crippen LogP contribution in [-0.2, 0) is 0 Å². The molecule has 2 nitrogen and oxygen atoms in total. The number of nitriles is 1. The zero-order valence-corrected chi connectivity index (χ0v) is 8.16. The molecule has 1 N–H and O–H groups in total. The maximum Gasteiger partial charge on any atom is 0.133 e. The van der Waals surface area contributed by atoms with Gasteiger partial charge in [0.05, 0.1) is 6.10 Å². The molecule has 68 valence electrons. The molecule has 0 amide bonds. The Morgan fingerprint density at radius 1 is 1.38 bits per heavy atom. The van der Waals surface area contributed by atoms with E-state index in [0.717, 1.165) is 17.3 Å². The molecule has 0 saturated heterocycles. The third kappa shape index (κ3) is 2.76. The van der Waals surface area contributed by atoms with E-state index in [1.165, 1.54) is 0 Å². The van der Waals surface area contributed by atoms with Crippen molar-refractivity contribution in [3.05, 3.63) is 35.9 Å². The van der Waals surface area contributed by atoms with Crippen LogP contribution in [0.5, 0.6) is 0 Å². The van der Waals surface area contributed by atoms with Gasteiger partial charge in [-0.2, -0.15) is 5.26 Å². The van der Waals surface area contributed by atoms with Crippen LogP contribution in [0.4, 0.5) is 0 Å². The first kappa shape index (κ1) is 10.1. The summed E-state index contributed by atoms with van der Waals surface area (Å²) in [5.41, 5.74) is 0.859. The highest BCUT2D eigenvalue weighted by molar-refractivity contribution is 8.04. The number of benzene rings is 1. The Hall–Kier alpha value is -0.980. The molecule has 2 atom stereocenters. The van der Waals surface area contributed by atoms with E-state index in [2.05, 4.69) is 0 Å². The normalized spacial score (nSPS) is 14.5. The van der Waals surface area contributed by atoms with Crippen LogP contribution in [0.1, 0.15) is 18.6 Å². The zero-order chi connectivity index (χ0) is 9.68. The molecule has 2 unspecified atom stereocenters. The molecule has 0 bridgehead atoms. The van der Waals surface area contributed by atoms with Crippen LogP contribution in [0.3, 0.4) is 0 Å². The van der Waals surface area contributed by atoms with Gasteiger partial charge in [0.15, 0.2) is 0 Å². The van der Waals surface area contributed by atoms with Crippen LogP contribution < -0.4 is 0 Å². The minimum atomic E-state index is -0.564. The Kier molecular flexibility index (Phi) is 3.81. The Morgan fingerprint density at radius 2 is 2.00 bits per heavy atom. The number of thiocyanates is 1. The van der Waals surface area contributed by atoms with Crippen LogP contribution in [0.15, 0.2) is 30.3 Å². The highest BCUT2D eigenvalue weighted by Crippen LogP contribution is 2.24. The number of hydrogen-bond donors (Lipinski definition) is 1. The Bertz CT molecular complexity index is 294. The molecule has 1 rings (SSSR count). The molecule has 0 saturated carbocycles. The molecule has 0 aliphatic heterocycles. The van der Waals surface area contributed by atoms with Crippen molar-refractivity contribution >= 4 is 11.8 Å². The van der Waals surface area contributed by atoms with E-state index >= 15 is 0 Å². The molecular weight excluding hydrogens is 182 g/mol. The van der Waals surface area contributed by atoms with E-state index in [0.29, 0.717) is 0 Å². The summed E-state index contributed by atoms with van der Waals surface area (Å²) in [5, 5.41) is 20.1. The summed E-state index contributed by atoms with van der Waals surface area (Å²) in [5.74, 6) is 0. The van der Waals surface area contributed by atoms with Crippen LogP contribution in [0.25, 0.3) is 0 Å². The van der Waals surface area contributed by atoms with Crippen LogP contribution in [-0.4, -0.2) is 10.4 Å². The lowest BCUT2D eigenvalue weighted by Crippen LogP contribution is -2.10. The molecule has 0 radical (unpaired) electrons. The molecule has 0 spiro atoms. The van der Waals surface area contributed by atoms with Gasteiger partial charge >= 0.3 is 0 Å². The van der Waals surface area contributed by atoms with Gasteiger partial charge in [0.25, 0.3) is 0 Å². The van der Waals surface area contributed by atoms with Crippen molar-refractivity contribution in [2.45, 2.75) is 18.3 Å². The maximum atomic E-state index is 9.75. The largest absolute Gasteiger partial charge is 0.387 e. The predicted octanol–water partition coefficient (Wildman–Crippen LogP) is 2.32. The number of rotatable bonds is 3. The predicted molar refractivity (Wildman–Crippen MR) is 54.1 cm³/mol. The molecule has 13 heavy (non-hydrogen) atoms. The topological polar surface area (TPSA) is 44.0 Å². The lowest BCUT2D eigenvalue weighted by atomic mass is 10.1. The van der Waals surface area contributed by atoms with Gasteiger partial charge in [0.2, 0.25) is 0 Å². The highest BCUT2D eigenvalue weighted by atomic mass is 32.2. The average Bonchev–Trinajstić information content (AvgIpc) is 2.18. The Balaban J connectivity index is 2.69. The van der Waals surface area contributed by atoms with Crippen molar-refractivity contribution in [1.29, 1.82) is 5.26 Å².